The number of carbonyl (C=O) groups is 1. The minimum absolute atomic E-state index is 0.129. The quantitative estimate of drug-likeness (QED) is 0.588. The molecule has 1 aromatic rings. The second-order valence-corrected chi connectivity index (χ2v) is 3.84. The number of hydrogen-bond acceptors (Lipinski definition) is 5. The van der Waals surface area contributed by atoms with Gasteiger partial charge in [0.15, 0.2) is 5.82 Å². The molecule has 0 spiro atoms. The van der Waals surface area contributed by atoms with Gasteiger partial charge in [-0.05, 0) is 13.3 Å². The molecule has 0 saturated carbocycles. The topological polar surface area (TPSA) is 61.3 Å². The molecule has 1 aromatic heterocycles. The average molecular weight is 273 g/mol. The molecule has 0 amide bonds. The third kappa shape index (κ3) is 3.40. The molecule has 0 saturated heterocycles. The van der Waals surface area contributed by atoms with Crippen LogP contribution < -0.4 is 0 Å². The van der Waals surface area contributed by atoms with Crippen LogP contribution in [0.4, 0.5) is 0 Å². The predicted molar refractivity (Wildman–Crippen MR) is 67.6 cm³/mol. The standard InChI is InChI=1S/C12H17ClN2O3/c1-4-10(17-3)11-14-7-8(9(6-13)15-11)12(16)18-5-2/h7,10H,4-6H2,1-3H3. The summed E-state index contributed by atoms with van der Waals surface area (Å²) < 4.78 is 10.2. The van der Waals surface area contributed by atoms with Crippen LogP contribution in [0.1, 0.15) is 48.2 Å². The third-order valence-electron chi connectivity index (χ3n) is 2.45. The number of rotatable bonds is 6. The molecule has 1 heterocycles. The van der Waals surface area contributed by atoms with Crippen molar-refractivity contribution >= 4 is 17.6 Å². The van der Waals surface area contributed by atoms with Crippen molar-refractivity contribution in [3.05, 3.63) is 23.3 Å². The molecule has 0 aliphatic rings. The van der Waals surface area contributed by atoms with Crippen molar-refractivity contribution < 1.29 is 14.3 Å². The molecule has 1 unspecified atom stereocenters. The van der Waals surface area contributed by atoms with Gasteiger partial charge in [0.25, 0.3) is 0 Å². The van der Waals surface area contributed by atoms with Gasteiger partial charge in [-0.1, -0.05) is 6.92 Å². The van der Waals surface area contributed by atoms with Crippen LogP contribution in [-0.4, -0.2) is 29.7 Å². The Morgan fingerprint density at radius 1 is 1.50 bits per heavy atom. The van der Waals surface area contributed by atoms with Gasteiger partial charge < -0.3 is 9.47 Å². The van der Waals surface area contributed by atoms with Crippen molar-refractivity contribution in [2.24, 2.45) is 0 Å². The van der Waals surface area contributed by atoms with E-state index in [1.165, 1.54) is 6.20 Å². The number of ether oxygens (including phenoxy) is 2. The van der Waals surface area contributed by atoms with Gasteiger partial charge in [-0.2, -0.15) is 0 Å². The normalized spacial score (nSPS) is 12.2. The Morgan fingerprint density at radius 2 is 2.22 bits per heavy atom. The van der Waals surface area contributed by atoms with Crippen LogP contribution >= 0.6 is 11.6 Å². The Kier molecular flexibility index (Phi) is 6.01. The van der Waals surface area contributed by atoms with Crippen LogP contribution in [0.25, 0.3) is 0 Å². The Morgan fingerprint density at radius 3 is 2.72 bits per heavy atom. The first kappa shape index (κ1) is 14.9. The van der Waals surface area contributed by atoms with Gasteiger partial charge in [0, 0.05) is 13.3 Å². The monoisotopic (exact) mass is 272 g/mol. The van der Waals surface area contributed by atoms with Gasteiger partial charge in [-0.15, -0.1) is 11.6 Å². The first-order valence-corrected chi connectivity index (χ1v) is 6.33. The van der Waals surface area contributed by atoms with Crippen LogP contribution in [0, 0.1) is 0 Å². The molecule has 0 radical (unpaired) electrons. The summed E-state index contributed by atoms with van der Waals surface area (Å²) in [7, 11) is 1.59. The van der Waals surface area contributed by atoms with Crippen LogP contribution in [-0.2, 0) is 15.4 Å². The highest BCUT2D eigenvalue weighted by Crippen LogP contribution is 2.18. The highest BCUT2D eigenvalue weighted by Gasteiger charge is 2.18. The van der Waals surface area contributed by atoms with Gasteiger partial charge in [0.1, 0.15) is 11.7 Å². The highest BCUT2D eigenvalue weighted by molar-refractivity contribution is 6.17. The summed E-state index contributed by atoms with van der Waals surface area (Å²) in [6.45, 7) is 4.01. The molecule has 0 N–H and O–H groups in total. The molecular formula is C12H17ClN2O3. The van der Waals surface area contributed by atoms with Crippen molar-refractivity contribution in [2.75, 3.05) is 13.7 Å². The number of methoxy groups -OCH3 is 1. The molecule has 0 bridgehead atoms. The molecular weight excluding hydrogens is 256 g/mol. The highest BCUT2D eigenvalue weighted by atomic mass is 35.5. The Hall–Kier alpha value is -1.20. The van der Waals surface area contributed by atoms with E-state index < -0.39 is 5.97 Å². The second kappa shape index (κ2) is 7.28. The minimum Gasteiger partial charge on any atom is -0.462 e. The van der Waals surface area contributed by atoms with Crippen LogP contribution in [0.15, 0.2) is 6.20 Å². The van der Waals surface area contributed by atoms with E-state index in [-0.39, 0.29) is 12.0 Å². The number of aromatic nitrogens is 2. The van der Waals surface area contributed by atoms with E-state index in [4.69, 9.17) is 21.1 Å². The number of alkyl halides is 1. The van der Waals surface area contributed by atoms with E-state index >= 15 is 0 Å². The summed E-state index contributed by atoms with van der Waals surface area (Å²) >= 11 is 5.80. The van der Waals surface area contributed by atoms with Crippen LogP contribution in [0.2, 0.25) is 0 Å². The Balaban J connectivity index is 3.06. The molecule has 5 nitrogen and oxygen atoms in total. The minimum atomic E-state index is -0.454. The molecule has 1 atom stereocenters. The summed E-state index contributed by atoms with van der Waals surface area (Å²) in [5.74, 6) is 0.206. The number of halogens is 1. The van der Waals surface area contributed by atoms with E-state index in [1.54, 1.807) is 14.0 Å². The van der Waals surface area contributed by atoms with Gasteiger partial charge in [0.2, 0.25) is 0 Å². The fourth-order valence-corrected chi connectivity index (χ4v) is 1.73. The fourth-order valence-electron chi connectivity index (χ4n) is 1.52. The third-order valence-corrected chi connectivity index (χ3v) is 2.70. The lowest BCUT2D eigenvalue weighted by Gasteiger charge is -2.13. The lowest BCUT2D eigenvalue weighted by Crippen LogP contribution is -2.14. The maximum Gasteiger partial charge on any atom is 0.341 e. The molecule has 1 rings (SSSR count). The zero-order chi connectivity index (χ0) is 13.5. The van der Waals surface area contributed by atoms with Gasteiger partial charge in [-0.3, -0.25) is 0 Å². The molecule has 0 aliphatic carbocycles. The van der Waals surface area contributed by atoms with E-state index in [1.807, 2.05) is 6.92 Å². The van der Waals surface area contributed by atoms with Crippen molar-refractivity contribution in [2.45, 2.75) is 32.3 Å². The van der Waals surface area contributed by atoms with Crippen molar-refractivity contribution in [1.29, 1.82) is 0 Å². The fraction of sp³-hybridized carbons (Fsp3) is 0.583. The Bertz CT molecular complexity index is 408. The molecule has 0 aliphatic heterocycles. The number of carbonyl (C=O) groups excluding carboxylic acids is 1. The van der Waals surface area contributed by atoms with E-state index in [2.05, 4.69) is 9.97 Å². The SMILES string of the molecule is CCOC(=O)c1cnc(C(CC)OC)nc1CCl. The van der Waals surface area contributed by atoms with Crippen molar-refractivity contribution in [1.82, 2.24) is 9.97 Å². The lowest BCUT2D eigenvalue weighted by molar-refractivity contribution is 0.0523. The van der Waals surface area contributed by atoms with E-state index in [0.29, 0.717) is 23.7 Å². The zero-order valence-corrected chi connectivity index (χ0v) is 11.5. The van der Waals surface area contributed by atoms with Crippen LogP contribution in [0.5, 0.6) is 0 Å². The summed E-state index contributed by atoms with van der Waals surface area (Å²) in [4.78, 5) is 20.1. The van der Waals surface area contributed by atoms with Gasteiger partial charge in [-0.25, -0.2) is 14.8 Å². The average Bonchev–Trinajstić information content (AvgIpc) is 2.40. The summed E-state index contributed by atoms with van der Waals surface area (Å²) in [6, 6.07) is 0. The smallest absolute Gasteiger partial charge is 0.341 e. The lowest BCUT2D eigenvalue weighted by atomic mass is 10.2. The first-order valence-electron chi connectivity index (χ1n) is 5.79. The maximum absolute atomic E-state index is 11.7. The molecule has 0 fully saturated rings. The molecule has 0 aromatic carbocycles. The number of esters is 1. The van der Waals surface area contributed by atoms with Gasteiger partial charge >= 0.3 is 5.97 Å². The Labute approximate surface area is 111 Å². The van der Waals surface area contributed by atoms with E-state index in [9.17, 15) is 4.79 Å². The number of hydrogen-bond donors (Lipinski definition) is 0. The molecule has 18 heavy (non-hydrogen) atoms. The summed E-state index contributed by atoms with van der Waals surface area (Å²) in [5, 5.41) is 0. The first-order chi connectivity index (χ1) is 8.67. The summed E-state index contributed by atoms with van der Waals surface area (Å²) in [5.41, 5.74) is 0.775. The largest absolute Gasteiger partial charge is 0.462 e. The maximum atomic E-state index is 11.7. The summed E-state index contributed by atoms with van der Waals surface area (Å²) in [6.07, 6.45) is 2.00. The van der Waals surface area contributed by atoms with Crippen LogP contribution in [0.3, 0.4) is 0 Å². The zero-order valence-electron chi connectivity index (χ0n) is 10.8. The van der Waals surface area contributed by atoms with E-state index in [0.717, 1.165) is 6.42 Å². The molecule has 6 heteroatoms. The number of nitrogens with zero attached hydrogens (tertiary/aromatic N) is 2. The van der Waals surface area contributed by atoms with Crippen molar-refractivity contribution in [3.63, 3.8) is 0 Å². The predicted octanol–water partition coefficient (Wildman–Crippen LogP) is 2.49. The van der Waals surface area contributed by atoms with Crippen molar-refractivity contribution in [3.8, 4) is 0 Å². The molecule has 100 valence electrons. The second-order valence-electron chi connectivity index (χ2n) is 3.58. The van der Waals surface area contributed by atoms with Gasteiger partial charge in [0.05, 0.1) is 18.2 Å².